The van der Waals surface area contributed by atoms with Crippen molar-refractivity contribution in [2.75, 3.05) is 0 Å². The molecule has 1 unspecified atom stereocenters. The summed E-state index contributed by atoms with van der Waals surface area (Å²) in [5, 5.41) is 16.8. The molecule has 0 saturated heterocycles. The summed E-state index contributed by atoms with van der Waals surface area (Å²) in [6.07, 6.45) is -2.63. The van der Waals surface area contributed by atoms with Crippen LogP contribution in [0, 0.1) is 0 Å². The van der Waals surface area contributed by atoms with Crippen molar-refractivity contribution in [2.24, 2.45) is 5.73 Å². The molecular formula is C5H9KN2O6. The molecule has 14 heavy (non-hydrogen) atoms. The molecule has 9 heteroatoms. The van der Waals surface area contributed by atoms with Crippen LogP contribution in [0.4, 0.5) is 4.79 Å². The number of aliphatic carboxylic acids is 1. The van der Waals surface area contributed by atoms with Crippen LogP contribution < -0.4 is 62.6 Å². The second-order valence-corrected chi connectivity index (χ2v) is 2.00. The maximum absolute atomic E-state index is 10.5. The Morgan fingerprint density at radius 2 is 2.00 bits per heavy atom. The number of hydrogen-bond donors (Lipinski definition) is 4. The molecule has 0 spiro atoms. The molecule has 0 aromatic heterocycles. The van der Waals surface area contributed by atoms with Crippen LogP contribution in [0.25, 0.3) is 0 Å². The Hall–Kier alpha value is -0.194. The summed E-state index contributed by atoms with van der Waals surface area (Å²) in [5.74, 6) is -2.66. The summed E-state index contributed by atoms with van der Waals surface area (Å²) >= 11 is 0. The number of nitrogens with one attached hydrogen (secondary N) is 1. The molecule has 0 bridgehead atoms. The fraction of sp³-hybridized carbons (Fsp3) is 0.400. The number of carboxylic acids is 1. The zero-order valence-electron chi connectivity index (χ0n) is 8.39. The Kier molecular flexibility index (Phi) is 9.45. The summed E-state index contributed by atoms with van der Waals surface area (Å²) in [4.78, 5) is 34.5. The van der Waals surface area contributed by atoms with E-state index in [1.807, 2.05) is 0 Å². The van der Waals surface area contributed by atoms with Gasteiger partial charge in [0.05, 0.1) is 6.42 Å². The van der Waals surface area contributed by atoms with Gasteiger partial charge in [0, 0.05) is 0 Å². The largest absolute Gasteiger partial charge is 1.00 e. The molecule has 76 valence electrons. The van der Waals surface area contributed by atoms with Crippen LogP contribution in [0.2, 0.25) is 0 Å². The van der Waals surface area contributed by atoms with Crippen molar-refractivity contribution in [3.05, 3.63) is 0 Å². The van der Waals surface area contributed by atoms with Gasteiger partial charge in [0.25, 0.3) is 0 Å². The summed E-state index contributed by atoms with van der Waals surface area (Å²) in [5.41, 5.74) is 6.00. The molecule has 0 rings (SSSR count). The first-order valence-corrected chi connectivity index (χ1v) is 3.09. The molecule has 8 nitrogen and oxygen atoms in total. The quantitative estimate of drug-likeness (QED) is 0.284. The molecule has 0 radical (unpaired) electrons. The number of carbonyl (C=O) groups is 3. The average Bonchev–Trinajstić information content (AvgIpc) is 2.00. The Morgan fingerprint density at radius 1 is 1.50 bits per heavy atom. The maximum Gasteiger partial charge on any atom is 1.00 e. The van der Waals surface area contributed by atoms with Crippen molar-refractivity contribution >= 4 is 18.0 Å². The van der Waals surface area contributed by atoms with E-state index >= 15 is 0 Å². The number of carbonyl (C=O) groups excluding carboxylic acids is 2. The number of nitrogens with two attached hydrogens (primary N) is 1. The van der Waals surface area contributed by atoms with E-state index in [1.165, 1.54) is 5.48 Å². The third-order valence-electron chi connectivity index (χ3n) is 0.911. The van der Waals surface area contributed by atoms with Crippen LogP contribution in [0.3, 0.4) is 0 Å². The molecule has 0 aliphatic rings. The molecule has 0 aliphatic heterocycles. The number of hydroxylamine groups is 1. The summed E-state index contributed by atoms with van der Waals surface area (Å²) in [6, 6.07) is -1.10. The fourth-order valence-corrected chi connectivity index (χ4v) is 0.394. The van der Waals surface area contributed by atoms with E-state index in [-0.39, 0.29) is 52.8 Å². The van der Waals surface area contributed by atoms with Gasteiger partial charge in [-0.3, -0.25) is 0 Å². The first-order valence-electron chi connectivity index (χ1n) is 3.09. The second kappa shape index (κ2) is 8.14. The van der Waals surface area contributed by atoms with Crippen LogP contribution in [0.1, 0.15) is 7.85 Å². The molecule has 0 aromatic rings. The number of carboxylic acid groups (broad SMARTS) is 1. The molecule has 0 saturated carbocycles. The zero-order chi connectivity index (χ0) is 10.4. The summed E-state index contributed by atoms with van der Waals surface area (Å²) < 4.78 is 0. The summed E-state index contributed by atoms with van der Waals surface area (Å²) in [7, 11) is 0. The van der Waals surface area contributed by atoms with Crippen LogP contribution >= 0.6 is 0 Å². The Bertz CT molecular complexity index is 238. The van der Waals surface area contributed by atoms with Gasteiger partial charge in [-0.15, -0.1) is 0 Å². The third-order valence-corrected chi connectivity index (χ3v) is 0.911. The van der Waals surface area contributed by atoms with Crippen molar-refractivity contribution in [3.63, 3.8) is 0 Å². The van der Waals surface area contributed by atoms with Gasteiger partial charge >= 0.3 is 69.4 Å². The standard InChI is InChI=1S/C5H8N2O6.K.H/c6-5(12)7-13-3(9)1-2(8)4(10)11;;/h2,8H,1H2,(H,10,11)(H3,6,7,12);;/q;+1;-1. The van der Waals surface area contributed by atoms with Gasteiger partial charge in [-0.05, 0) is 0 Å². The van der Waals surface area contributed by atoms with E-state index in [2.05, 4.69) is 10.6 Å². The molecule has 0 aromatic carbocycles. The van der Waals surface area contributed by atoms with Gasteiger partial charge in [0.2, 0.25) is 0 Å². The topological polar surface area (TPSA) is 139 Å². The number of urea groups is 1. The van der Waals surface area contributed by atoms with Crippen molar-refractivity contribution in [1.29, 1.82) is 0 Å². The zero-order valence-corrected chi connectivity index (χ0v) is 10.5. The van der Waals surface area contributed by atoms with Gasteiger partial charge in [-0.1, -0.05) is 0 Å². The van der Waals surface area contributed by atoms with Gasteiger partial charge in [0.15, 0.2) is 6.10 Å². The van der Waals surface area contributed by atoms with E-state index in [9.17, 15) is 14.4 Å². The summed E-state index contributed by atoms with van der Waals surface area (Å²) in [6.45, 7) is 0. The SMILES string of the molecule is NC(=O)NOC(=O)CC(O)C(=O)O.[H-].[K+]. The van der Waals surface area contributed by atoms with Crippen molar-refractivity contribution in [1.82, 2.24) is 5.48 Å². The van der Waals surface area contributed by atoms with E-state index in [4.69, 9.17) is 10.2 Å². The average molecular weight is 232 g/mol. The molecule has 5 N–H and O–H groups in total. The van der Waals surface area contributed by atoms with E-state index in [0.29, 0.717) is 0 Å². The number of hydrogen-bond acceptors (Lipinski definition) is 5. The van der Waals surface area contributed by atoms with Gasteiger partial charge < -0.3 is 22.2 Å². The number of rotatable bonds is 3. The predicted octanol–water partition coefficient (Wildman–Crippen LogP) is -4.93. The minimum atomic E-state index is -1.86. The minimum absolute atomic E-state index is 0. The first kappa shape index (κ1) is 16.2. The Labute approximate surface area is 123 Å². The van der Waals surface area contributed by atoms with Crippen LogP contribution in [-0.4, -0.2) is 34.3 Å². The van der Waals surface area contributed by atoms with Gasteiger partial charge in [-0.2, -0.15) is 5.48 Å². The van der Waals surface area contributed by atoms with Crippen molar-refractivity contribution < 1.29 is 82.2 Å². The fourth-order valence-electron chi connectivity index (χ4n) is 0.394. The molecule has 2 amide bonds. The van der Waals surface area contributed by atoms with E-state index in [0.717, 1.165) is 0 Å². The molecule has 1 atom stereocenters. The number of amides is 2. The molecule has 0 heterocycles. The minimum Gasteiger partial charge on any atom is -1.00 e. The predicted molar refractivity (Wildman–Crippen MR) is 38.2 cm³/mol. The maximum atomic E-state index is 10.5. The third kappa shape index (κ3) is 8.41. The van der Waals surface area contributed by atoms with Gasteiger partial charge in [-0.25, -0.2) is 14.4 Å². The van der Waals surface area contributed by atoms with Gasteiger partial charge in [0.1, 0.15) is 0 Å². The second-order valence-electron chi connectivity index (χ2n) is 2.00. The Morgan fingerprint density at radius 3 is 2.36 bits per heavy atom. The first-order chi connectivity index (χ1) is 5.93. The monoisotopic (exact) mass is 232 g/mol. The number of aliphatic hydroxyl groups is 1. The van der Waals surface area contributed by atoms with E-state index < -0.39 is 30.5 Å². The van der Waals surface area contributed by atoms with E-state index in [1.54, 1.807) is 0 Å². The van der Waals surface area contributed by atoms with Crippen molar-refractivity contribution in [3.8, 4) is 0 Å². The smallest absolute Gasteiger partial charge is 1.00 e. The van der Waals surface area contributed by atoms with Crippen LogP contribution in [-0.2, 0) is 14.4 Å². The number of aliphatic hydroxyl groups excluding tert-OH is 1. The normalized spacial score (nSPS) is 10.6. The molecule has 0 aliphatic carbocycles. The molecule has 0 fully saturated rings. The Balaban J connectivity index is -0.000000720. The van der Waals surface area contributed by atoms with Crippen molar-refractivity contribution in [2.45, 2.75) is 12.5 Å². The van der Waals surface area contributed by atoms with Crippen LogP contribution in [0.5, 0.6) is 0 Å². The number of primary amides is 1. The molecular weight excluding hydrogens is 223 g/mol. The van der Waals surface area contributed by atoms with Crippen LogP contribution in [0.15, 0.2) is 0 Å².